The van der Waals surface area contributed by atoms with Gasteiger partial charge in [0.15, 0.2) is 0 Å². The van der Waals surface area contributed by atoms with Crippen LogP contribution in [0.25, 0.3) is 0 Å². The number of aryl methyl sites for hydroxylation is 1. The number of nitrogens with zero attached hydrogens (tertiary/aromatic N) is 1. The Morgan fingerprint density at radius 3 is 2.93 bits per heavy atom. The van der Waals surface area contributed by atoms with Gasteiger partial charge in [0.05, 0.1) is 11.7 Å². The molecule has 1 atom stereocenters. The van der Waals surface area contributed by atoms with Crippen LogP contribution in [0.1, 0.15) is 43.5 Å². The number of rotatable bonds is 5. The highest BCUT2D eigenvalue weighted by molar-refractivity contribution is 5.17. The van der Waals surface area contributed by atoms with E-state index in [1.165, 1.54) is 18.4 Å². The van der Waals surface area contributed by atoms with Gasteiger partial charge in [0.1, 0.15) is 0 Å². The molecular weight excluding hydrogens is 174 g/mol. The molecule has 0 saturated heterocycles. The summed E-state index contributed by atoms with van der Waals surface area (Å²) >= 11 is 0. The molecule has 1 unspecified atom stereocenters. The van der Waals surface area contributed by atoms with Gasteiger partial charge in [-0.25, -0.2) is 0 Å². The lowest BCUT2D eigenvalue weighted by Crippen LogP contribution is -2.28. The molecule has 0 bridgehead atoms. The summed E-state index contributed by atoms with van der Waals surface area (Å²) in [4.78, 5) is 4.32. The minimum Gasteiger partial charge on any atom is -0.271 e. The molecule has 0 saturated carbocycles. The highest BCUT2D eigenvalue weighted by atomic mass is 15.2. The fourth-order valence-electron chi connectivity index (χ4n) is 1.47. The minimum absolute atomic E-state index is 0.190. The van der Waals surface area contributed by atoms with E-state index in [4.69, 9.17) is 5.84 Å². The first kappa shape index (κ1) is 11.1. The molecule has 3 heteroatoms. The number of nitrogens with one attached hydrogen (secondary N) is 1. The highest BCUT2D eigenvalue weighted by Crippen LogP contribution is 2.16. The zero-order valence-corrected chi connectivity index (χ0v) is 8.96. The standard InChI is InChI=1S/C11H19N3/c1-3-4-5-10(14-12)11-8-9(2)6-7-13-11/h6-8,10,14H,3-5,12H2,1-2H3. The van der Waals surface area contributed by atoms with Crippen LogP contribution in [0.5, 0.6) is 0 Å². The Morgan fingerprint density at radius 1 is 1.57 bits per heavy atom. The summed E-state index contributed by atoms with van der Waals surface area (Å²) in [6.07, 6.45) is 5.24. The van der Waals surface area contributed by atoms with E-state index in [-0.39, 0.29) is 6.04 Å². The zero-order chi connectivity index (χ0) is 10.4. The largest absolute Gasteiger partial charge is 0.271 e. The van der Waals surface area contributed by atoms with E-state index in [0.717, 1.165) is 12.1 Å². The molecule has 1 aromatic rings. The fraction of sp³-hybridized carbons (Fsp3) is 0.545. The van der Waals surface area contributed by atoms with E-state index in [1.807, 2.05) is 12.3 Å². The van der Waals surface area contributed by atoms with Crippen LogP contribution in [0.15, 0.2) is 18.3 Å². The molecule has 1 heterocycles. The first-order chi connectivity index (χ1) is 6.77. The maximum absolute atomic E-state index is 5.51. The molecule has 0 aliphatic rings. The molecule has 0 fully saturated rings. The Labute approximate surface area is 85.7 Å². The fourth-order valence-corrected chi connectivity index (χ4v) is 1.47. The summed E-state index contributed by atoms with van der Waals surface area (Å²) in [6, 6.07) is 4.27. The summed E-state index contributed by atoms with van der Waals surface area (Å²) in [6.45, 7) is 4.25. The molecule has 14 heavy (non-hydrogen) atoms. The first-order valence-electron chi connectivity index (χ1n) is 5.16. The van der Waals surface area contributed by atoms with E-state index in [0.29, 0.717) is 0 Å². The molecule has 0 aliphatic carbocycles. The summed E-state index contributed by atoms with van der Waals surface area (Å²) in [7, 11) is 0. The van der Waals surface area contributed by atoms with Crippen LogP contribution >= 0.6 is 0 Å². The van der Waals surface area contributed by atoms with Crippen molar-refractivity contribution in [3.05, 3.63) is 29.6 Å². The van der Waals surface area contributed by atoms with Gasteiger partial charge in [-0.2, -0.15) is 0 Å². The highest BCUT2D eigenvalue weighted by Gasteiger charge is 2.09. The van der Waals surface area contributed by atoms with Crippen molar-refractivity contribution in [2.24, 2.45) is 5.84 Å². The van der Waals surface area contributed by atoms with E-state index < -0.39 is 0 Å². The van der Waals surface area contributed by atoms with Crippen molar-refractivity contribution in [3.63, 3.8) is 0 Å². The second-order valence-corrected chi connectivity index (χ2v) is 3.62. The number of aromatic nitrogens is 1. The smallest absolute Gasteiger partial charge is 0.0632 e. The molecule has 0 aromatic carbocycles. The van der Waals surface area contributed by atoms with E-state index >= 15 is 0 Å². The van der Waals surface area contributed by atoms with E-state index in [2.05, 4.69) is 30.3 Å². The molecule has 3 N–H and O–H groups in total. The Balaban J connectivity index is 2.68. The Bertz CT molecular complexity index is 273. The first-order valence-corrected chi connectivity index (χ1v) is 5.16. The van der Waals surface area contributed by atoms with Crippen molar-refractivity contribution in [2.45, 2.75) is 39.2 Å². The normalized spacial score (nSPS) is 12.8. The summed E-state index contributed by atoms with van der Waals surface area (Å²) in [5.74, 6) is 5.51. The maximum atomic E-state index is 5.51. The zero-order valence-electron chi connectivity index (χ0n) is 8.96. The van der Waals surface area contributed by atoms with Gasteiger partial charge in [-0.15, -0.1) is 0 Å². The summed E-state index contributed by atoms with van der Waals surface area (Å²) in [5.41, 5.74) is 5.09. The molecule has 78 valence electrons. The van der Waals surface area contributed by atoms with Gasteiger partial charge in [-0.3, -0.25) is 16.3 Å². The topological polar surface area (TPSA) is 50.9 Å². The van der Waals surface area contributed by atoms with Crippen LogP contribution in [0, 0.1) is 6.92 Å². The van der Waals surface area contributed by atoms with Crippen LogP contribution in [0.3, 0.4) is 0 Å². The SMILES string of the molecule is CCCCC(NN)c1cc(C)ccn1. The van der Waals surface area contributed by atoms with Gasteiger partial charge in [0, 0.05) is 6.20 Å². The third-order valence-electron chi connectivity index (χ3n) is 2.34. The predicted octanol–water partition coefficient (Wildman–Crippen LogP) is 2.08. The van der Waals surface area contributed by atoms with Crippen molar-refractivity contribution >= 4 is 0 Å². The second kappa shape index (κ2) is 5.73. The third kappa shape index (κ3) is 3.09. The van der Waals surface area contributed by atoms with Gasteiger partial charge in [0.25, 0.3) is 0 Å². The Hall–Kier alpha value is -0.930. The van der Waals surface area contributed by atoms with Crippen LogP contribution in [-0.4, -0.2) is 4.98 Å². The van der Waals surface area contributed by atoms with Gasteiger partial charge >= 0.3 is 0 Å². The van der Waals surface area contributed by atoms with E-state index in [1.54, 1.807) is 0 Å². The predicted molar refractivity (Wildman–Crippen MR) is 58.6 cm³/mol. The quantitative estimate of drug-likeness (QED) is 0.556. The van der Waals surface area contributed by atoms with Crippen molar-refractivity contribution in [2.75, 3.05) is 0 Å². The second-order valence-electron chi connectivity index (χ2n) is 3.62. The van der Waals surface area contributed by atoms with Crippen LogP contribution < -0.4 is 11.3 Å². The van der Waals surface area contributed by atoms with Gasteiger partial charge < -0.3 is 0 Å². The van der Waals surface area contributed by atoms with Crippen LogP contribution in [-0.2, 0) is 0 Å². The number of hydrogen-bond acceptors (Lipinski definition) is 3. The third-order valence-corrected chi connectivity index (χ3v) is 2.34. The van der Waals surface area contributed by atoms with Gasteiger partial charge in [-0.05, 0) is 31.0 Å². The lowest BCUT2D eigenvalue weighted by atomic mass is 10.1. The monoisotopic (exact) mass is 193 g/mol. The number of unbranched alkanes of at least 4 members (excludes halogenated alkanes) is 1. The molecule has 0 spiro atoms. The maximum Gasteiger partial charge on any atom is 0.0632 e. The summed E-state index contributed by atoms with van der Waals surface area (Å²) in [5, 5.41) is 0. The molecular formula is C11H19N3. The van der Waals surface area contributed by atoms with Crippen molar-refractivity contribution in [1.82, 2.24) is 10.4 Å². The Morgan fingerprint density at radius 2 is 2.36 bits per heavy atom. The minimum atomic E-state index is 0.190. The molecule has 1 rings (SSSR count). The average molecular weight is 193 g/mol. The Kier molecular flexibility index (Phi) is 4.56. The number of pyridine rings is 1. The van der Waals surface area contributed by atoms with Gasteiger partial charge in [0.2, 0.25) is 0 Å². The summed E-state index contributed by atoms with van der Waals surface area (Å²) < 4.78 is 0. The molecule has 0 amide bonds. The molecule has 0 aliphatic heterocycles. The number of hydrogen-bond donors (Lipinski definition) is 2. The number of hydrazine groups is 1. The lowest BCUT2D eigenvalue weighted by molar-refractivity contribution is 0.484. The number of nitrogens with two attached hydrogens (primary N) is 1. The van der Waals surface area contributed by atoms with Crippen molar-refractivity contribution in [1.29, 1.82) is 0 Å². The molecule has 0 radical (unpaired) electrons. The lowest BCUT2D eigenvalue weighted by Gasteiger charge is -2.14. The van der Waals surface area contributed by atoms with Crippen LogP contribution in [0.4, 0.5) is 0 Å². The van der Waals surface area contributed by atoms with E-state index in [9.17, 15) is 0 Å². The average Bonchev–Trinajstić information content (AvgIpc) is 2.19. The van der Waals surface area contributed by atoms with Crippen molar-refractivity contribution < 1.29 is 0 Å². The molecule has 1 aromatic heterocycles. The van der Waals surface area contributed by atoms with Crippen LogP contribution in [0.2, 0.25) is 0 Å². The van der Waals surface area contributed by atoms with Gasteiger partial charge in [-0.1, -0.05) is 19.8 Å². The molecule has 3 nitrogen and oxygen atoms in total. The van der Waals surface area contributed by atoms with Crippen molar-refractivity contribution in [3.8, 4) is 0 Å².